The number of benzene rings is 1. The van der Waals surface area contributed by atoms with Crippen molar-refractivity contribution in [2.24, 2.45) is 0 Å². The van der Waals surface area contributed by atoms with Crippen LogP contribution in [0.5, 0.6) is 0 Å². The van der Waals surface area contributed by atoms with Gasteiger partial charge in [-0.3, -0.25) is 19.4 Å². The number of rotatable bonds is 6. The van der Waals surface area contributed by atoms with Crippen molar-refractivity contribution in [2.75, 3.05) is 39.3 Å². The van der Waals surface area contributed by atoms with Crippen molar-refractivity contribution in [1.29, 1.82) is 0 Å². The van der Waals surface area contributed by atoms with Crippen LogP contribution in [-0.4, -0.2) is 65.8 Å². The van der Waals surface area contributed by atoms with E-state index in [-0.39, 0.29) is 11.8 Å². The molecule has 1 aromatic carbocycles. The van der Waals surface area contributed by atoms with Crippen LogP contribution in [0.1, 0.15) is 32.0 Å². The van der Waals surface area contributed by atoms with Crippen molar-refractivity contribution in [2.45, 2.75) is 13.0 Å². The molecule has 0 N–H and O–H groups in total. The Morgan fingerprint density at radius 1 is 0.808 bits per heavy atom. The largest absolute Gasteiger partial charge is 0.301 e. The first-order valence-corrected chi connectivity index (χ1v) is 10.0. The predicted octanol–water partition coefficient (Wildman–Crippen LogP) is 2.55. The number of nitrogens with zero attached hydrogens (tertiary/aromatic N) is 3. The first kappa shape index (κ1) is 17.4. The van der Waals surface area contributed by atoms with Crippen LogP contribution in [0, 0.1) is 0 Å². The lowest BCUT2D eigenvalue weighted by molar-refractivity contribution is 0.0640. The van der Waals surface area contributed by atoms with Gasteiger partial charge in [-0.2, -0.15) is 0 Å². The second-order valence-corrected chi connectivity index (χ2v) is 7.89. The zero-order valence-electron chi connectivity index (χ0n) is 14.8. The van der Waals surface area contributed by atoms with Gasteiger partial charge in [0.1, 0.15) is 0 Å². The Hall–Kier alpha value is -2.02. The molecule has 4 rings (SSSR count). The molecule has 0 spiro atoms. The van der Waals surface area contributed by atoms with E-state index in [0.29, 0.717) is 17.7 Å². The molecule has 2 aliphatic rings. The van der Waals surface area contributed by atoms with Crippen molar-refractivity contribution in [1.82, 2.24) is 14.7 Å². The fourth-order valence-electron chi connectivity index (χ4n) is 3.69. The number of carbonyl (C=O) groups excluding carboxylic acids is 2. The summed E-state index contributed by atoms with van der Waals surface area (Å²) in [4.78, 5) is 32.5. The van der Waals surface area contributed by atoms with Crippen LogP contribution >= 0.6 is 11.3 Å². The van der Waals surface area contributed by atoms with Crippen molar-refractivity contribution in [3.63, 3.8) is 0 Å². The van der Waals surface area contributed by atoms with Crippen LogP contribution < -0.4 is 0 Å². The molecule has 2 aromatic rings. The second-order valence-electron chi connectivity index (χ2n) is 6.86. The van der Waals surface area contributed by atoms with Crippen LogP contribution in [-0.2, 0) is 6.54 Å². The van der Waals surface area contributed by atoms with Gasteiger partial charge in [0.15, 0.2) is 0 Å². The van der Waals surface area contributed by atoms with Gasteiger partial charge >= 0.3 is 0 Å². The van der Waals surface area contributed by atoms with E-state index in [9.17, 15) is 9.59 Å². The summed E-state index contributed by atoms with van der Waals surface area (Å²) in [7, 11) is 0. The minimum Gasteiger partial charge on any atom is -0.301 e. The van der Waals surface area contributed by atoms with E-state index in [1.54, 1.807) is 12.1 Å². The van der Waals surface area contributed by atoms with E-state index in [1.807, 2.05) is 23.5 Å². The van der Waals surface area contributed by atoms with E-state index in [2.05, 4.69) is 27.3 Å². The van der Waals surface area contributed by atoms with Gasteiger partial charge in [-0.25, -0.2) is 0 Å². The Labute approximate surface area is 157 Å². The molecule has 3 heterocycles. The van der Waals surface area contributed by atoms with Gasteiger partial charge in [0, 0.05) is 44.1 Å². The van der Waals surface area contributed by atoms with E-state index >= 15 is 0 Å². The number of hydrogen-bond donors (Lipinski definition) is 0. The minimum atomic E-state index is -0.147. The number of piperazine rings is 1. The van der Waals surface area contributed by atoms with Crippen LogP contribution in [0.15, 0.2) is 41.8 Å². The molecule has 1 aromatic heterocycles. The number of amides is 2. The molecular weight excluding hydrogens is 346 g/mol. The lowest BCUT2D eigenvalue weighted by atomic mass is 10.1. The number of fused-ring (bicyclic) bond motifs is 1. The lowest BCUT2D eigenvalue weighted by Gasteiger charge is -2.34. The summed E-state index contributed by atoms with van der Waals surface area (Å²) < 4.78 is 0. The average molecular weight is 369 g/mol. The van der Waals surface area contributed by atoms with Gasteiger partial charge in [0.25, 0.3) is 11.8 Å². The highest BCUT2D eigenvalue weighted by Crippen LogP contribution is 2.22. The molecule has 5 nitrogen and oxygen atoms in total. The highest BCUT2D eigenvalue weighted by Gasteiger charge is 2.34. The van der Waals surface area contributed by atoms with Crippen molar-refractivity contribution >= 4 is 23.2 Å². The SMILES string of the molecule is O=C1c2ccccc2C(=O)N1CCCN1CCN(Cc2cccs2)CC1. The first-order valence-electron chi connectivity index (χ1n) is 9.15. The molecular formula is C20H23N3O2S. The van der Waals surface area contributed by atoms with Gasteiger partial charge in [-0.15, -0.1) is 11.3 Å². The highest BCUT2D eigenvalue weighted by molar-refractivity contribution is 7.09. The van der Waals surface area contributed by atoms with Gasteiger partial charge in [0.2, 0.25) is 0 Å². The van der Waals surface area contributed by atoms with Gasteiger partial charge < -0.3 is 4.90 Å². The molecule has 0 unspecified atom stereocenters. The highest BCUT2D eigenvalue weighted by atomic mass is 32.1. The van der Waals surface area contributed by atoms with Crippen LogP contribution in [0.3, 0.4) is 0 Å². The van der Waals surface area contributed by atoms with Gasteiger partial charge in [0.05, 0.1) is 11.1 Å². The van der Waals surface area contributed by atoms with E-state index in [1.165, 1.54) is 9.78 Å². The van der Waals surface area contributed by atoms with Gasteiger partial charge in [-0.1, -0.05) is 18.2 Å². The zero-order chi connectivity index (χ0) is 17.9. The van der Waals surface area contributed by atoms with E-state index in [0.717, 1.165) is 45.7 Å². The third-order valence-corrected chi connectivity index (χ3v) is 6.02. The molecule has 136 valence electrons. The normalized spacial score (nSPS) is 18.5. The Morgan fingerprint density at radius 3 is 2.08 bits per heavy atom. The van der Waals surface area contributed by atoms with Crippen molar-refractivity contribution in [3.8, 4) is 0 Å². The van der Waals surface area contributed by atoms with Crippen LogP contribution in [0.2, 0.25) is 0 Å². The smallest absolute Gasteiger partial charge is 0.261 e. The molecule has 2 aliphatic heterocycles. The monoisotopic (exact) mass is 369 g/mol. The fourth-order valence-corrected chi connectivity index (χ4v) is 4.43. The summed E-state index contributed by atoms with van der Waals surface area (Å²) in [5.74, 6) is -0.294. The molecule has 26 heavy (non-hydrogen) atoms. The van der Waals surface area contributed by atoms with E-state index in [4.69, 9.17) is 0 Å². The Balaban J connectivity index is 1.21. The van der Waals surface area contributed by atoms with Gasteiger partial charge in [-0.05, 0) is 36.5 Å². The van der Waals surface area contributed by atoms with Crippen LogP contribution in [0.4, 0.5) is 0 Å². The Bertz CT molecular complexity index is 747. The second kappa shape index (κ2) is 7.70. The molecule has 1 saturated heterocycles. The Morgan fingerprint density at radius 2 is 1.46 bits per heavy atom. The summed E-state index contributed by atoms with van der Waals surface area (Å²) in [6.45, 7) is 6.72. The third kappa shape index (κ3) is 3.58. The fraction of sp³-hybridized carbons (Fsp3) is 0.400. The average Bonchev–Trinajstić information content (AvgIpc) is 3.26. The molecule has 1 fully saturated rings. The predicted molar refractivity (Wildman–Crippen MR) is 102 cm³/mol. The van der Waals surface area contributed by atoms with Crippen molar-refractivity contribution in [3.05, 3.63) is 57.8 Å². The summed E-state index contributed by atoms with van der Waals surface area (Å²) in [6.07, 6.45) is 0.830. The maximum Gasteiger partial charge on any atom is 0.261 e. The first-order chi connectivity index (χ1) is 12.7. The zero-order valence-corrected chi connectivity index (χ0v) is 15.6. The minimum absolute atomic E-state index is 0.147. The third-order valence-electron chi connectivity index (χ3n) is 5.16. The molecule has 0 atom stereocenters. The van der Waals surface area contributed by atoms with Crippen LogP contribution in [0.25, 0.3) is 0 Å². The molecule has 2 amide bonds. The summed E-state index contributed by atoms with van der Waals surface area (Å²) >= 11 is 1.82. The summed E-state index contributed by atoms with van der Waals surface area (Å²) in [5, 5.41) is 2.13. The standard InChI is InChI=1S/C20H23N3O2S/c24-19-17-6-1-2-7-18(17)20(25)23(19)9-4-8-21-10-12-22(13-11-21)15-16-5-3-14-26-16/h1-3,5-7,14H,4,8-13,15H2. The molecule has 0 saturated carbocycles. The number of imide groups is 1. The maximum absolute atomic E-state index is 12.4. The molecule has 0 aliphatic carbocycles. The Kier molecular flexibility index (Phi) is 5.15. The molecule has 0 bridgehead atoms. The summed E-state index contributed by atoms with van der Waals surface area (Å²) in [5.41, 5.74) is 1.08. The van der Waals surface area contributed by atoms with Crippen molar-refractivity contribution < 1.29 is 9.59 Å². The summed E-state index contributed by atoms with van der Waals surface area (Å²) in [6, 6.07) is 11.4. The number of hydrogen-bond acceptors (Lipinski definition) is 5. The molecule has 6 heteroatoms. The topological polar surface area (TPSA) is 43.9 Å². The molecule has 0 radical (unpaired) electrons. The quantitative estimate of drug-likeness (QED) is 0.734. The van der Waals surface area contributed by atoms with E-state index < -0.39 is 0 Å². The number of thiophene rings is 1. The maximum atomic E-state index is 12.4. The lowest BCUT2D eigenvalue weighted by Crippen LogP contribution is -2.46. The number of carbonyl (C=O) groups is 2.